The summed E-state index contributed by atoms with van der Waals surface area (Å²) in [6, 6.07) is 14.1. The second-order valence-electron chi connectivity index (χ2n) is 6.65. The predicted octanol–water partition coefficient (Wildman–Crippen LogP) is 5.48. The Labute approximate surface area is 162 Å². The van der Waals surface area contributed by atoms with Crippen LogP contribution in [0.2, 0.25) is 0 Å². The maximum atomic E-state index is 10.6. The molecule has 142 valence electrons. The van der Waals surface area contributed by atoms with Crippen LogP contribution in [-0.2, 0) is 15.1 Å². The first-order valence-electron chi connectivity index (χ1n) is 8.76. The molecule has 2 rings (SSSR count). The number of rotatable bonds is 7. The van der Waals surface area contributed by atoms with E-state index >= 15 is 0 Å². The highest BCUT2D eigenvalue weighted by Gasteiger charge is 2.24. The van der Waals surface area contributed by atoms with Gasteiger partial charge in [0.25, 0.3) is 0 Å². The van der Waals surface area contributed by atoms with Gasteiger partial charge in [-0.2, -0.15) is 0 Å². The van der Waals surface area contributed by atoms with Crippen LogP contribution in [0.5, 0.6) is 0 Å². The van der Waals surface area contributed by atoms with Gasteiger partial charge in [-0.1, -0.05) is 55.1 Å². The number of ether oxygens (including phenoxy) is 1. The monoisotopic (exact) mass is 374 g/mol. The number of benzene rings is 2. The molecule has 0 atom stereocenters. The molecule has 0 saturated heterocycles. The van der Waals surface area contributed by atoms with Crippen molar-refractivity contribution in [2.75, 3.05) is 16.6 Å². The van der Waals surface area contributed by atoms with E-state index in [9.17, 15) is 4.79 Å². The Kier molecular flexibility index (Phi) is 9.24. The van der Waals surface area contributed by atoms with Crippen LogP contribution in [0, 0.1) is 13.8 Å². The van der Waals surface area contributed by atoms with Crippen molar-refractivity contribution in [1.29, 1.82) is 0 Å². The Bertz CT molecular complexity index is 664. The van der Waals surface area contributed by atoms with Gasteiger partial charge in [-0.3, -0.25) is 4.79 Å². The van der Waals surface area contributed by atoms with Gasteiger partial charge in [0, 0.05) is 23.5 Å². The number of thiol groups is 1. The maximum absolute atomic E-state index is 10.6. The van der Waals surface area contributed by atoms with E-state index < -0.39 is 5.60 Å². The number of aryl methyl sites for hydroxylation is 2. The summed E-state index contributed by atoms with van der Waals surface area (Å²) >= 11 is 4.03. The zero-order chi connectivity index (χ0) is 19.6. The normalized spacial score (nSPS) is 10.5. The SMILES string of the molecule is CCCOC(C)(C)c1cc(NS)ccc1NC=O.Cc1ccc(C)cc1. The van der Waals surface area contributed by atoms with E-state index in [0.717, 1.165) is 23.4 Å². The molecule has 5 heteroatoms. The fourth-order valence-electron chi connectivity index (χ4n) is 2.37. The van der Waals surface area contributed by atoms with Crippen molar-refractivity contribution in [3.8, 4) is 0 Å². The molecule has 0 aliphatic carbocycles. The number of anilines is 2. The number of carbonyl (C=O) groups is 1. The van der Waals surface area contributed by atoms with Crippen LogP contribution in [0.15, 0.2) is 42.5 Å². The van der Waals surface area contributed by atoms with E-state index in [1.807, 2.05) is 32.0 Å². The fourth-order valence-corrected chi connectivity index (χ4v) is 2.51. The van der Waals surface area contributed by atoms with E-state index in [1.54, 1.807) is 0 Å². The zero-order valence-corrected chi connectivity index (χ0v) is 17.2. The lowest BCUT2D eigenvalue weighted by Crippen LogP contribution is -2.24. The minimum atomic E-state index is -0.470. The van der Waals surface area contributed by atoms with E-state index in [-0.39, 0.29) is 0 Å². The van der Waals surface area contributed by atoms with Gasteiger partial charge in [0.2, 0.25) is 6.41 Å². The third kappa shape index (κ3) is 7.10. The average Bonchev–Trinajstić information content (AvgIpc) is 2.63. The molecule has 2 aromatic carbocycles. The molecule has 0 spiro atoms. The first-order valence-corrected chi connectivity index (χ1v) is 9.20. The molecule has 2 aromatic rings. The number of carbonyl (C=O) groups excluding carboxylic acids is 1. The summed E-state index contributed by atoms with van der Waals surface area (Å²) in [4.78, 5) is 10.6. The second kappa shape index (κ2) is 10.9. The molecule has 0 aromatic heterocycles. The number of nitrogens with one attached hydrogen (secondary N) is 2. The summed E-state index contributed by atoms with van der Waals surface area (Å²) in [5, 5.41) is 2.70. The molecule has 0 bridgehead atoms. The van der Waals surface area contributed by atoms with Gasteiger partial charge in [-0.25, -0.2) is 0 Å². The number of hydrogen-bond acceptors (Lipinski definition) is 4. The number of hydrogen-bond donors (Lipinski definition) is 3. The molecule has 0 saturated carbocycles. The van der Waals surface area contributed by atoms with Crippen LogP contribution in [0.4, 0.5) is 11.4 Å². The molecule has 0 radical (unpaired) electrons. The third-order valence-electron chi connectivity index (χ3n) is 3.90. The molecule has 1 amide bonds. The lowest BCUT2D eigenvalue weighted by atomic mass is 9.95. The van der Waals surface area contributed by atoms with Crippen LogP contribution in [0.25, 0.3) is 0 Å². The molecule has 0 aliphatic rings. The smallest absolute Gasteiger partial charge is 0.211 e. The Morgan fingerprint density at radius 2 is 1.65 bits per heavy atom. The van der Waals surface area contributed by atoms with Crippen molar-refractivity contribution in [2.24, 2.45) is 0 Å². The van der Waals surface area contributed by atoms with Crippen LogP contribution >= 0.6 is 12.8 Å². The van der Waals surface area contributed by atoms with Crippen LogP contribution in [-0.4, -0.2) is 13.0 Å². The van der Waals surface area contributed by atoms with Crippen molar-refractivity contribution < 1.29 is 9.53 Å². The molecule has 0 unspecified atom stereocenters. The van der Waals surface area contributed by atoms with E-state index in [1.165, 1.54) is 11.1 Å². The molecule has 2 N–H and O–H groups in total. The Morgan fingerprint density at radius 1 is 1.08 bits per heavy atom. The van der Waals surface area contributed by atoms with Crippen LogP contribution in [0.3, 0.4) is 0 Å². The first kappa shape index (κ1) is 22.1. The molecule has 26 heavy (non-hydrogen) atoms. The van der Waals surface area contributed by atoms with Gasteiger partial charge < -0.3 is 14.8 Å². The van der Waals surface area contributed by atoms with E-state index in [4.69, 9.17) is 4.74 Å². The largest absolute Gasteiger partial charge is 0.371 e. The Morgan fingerprint density at radius 3 is 2.12 bits per heavy atom. The molecule has 4 nitrogen and oxygen atoms in total. The molecule has 0 fully saturated rings. The topological polar surface area (TPSA) is 50.4 Å². The summed E-state index contributed by atoms with van der Waals surface area (Å²) in [5.74, 6) is 0. The van der Waals surface area contributed by atoms with Crippen molar-refractivity contribution in [3.05, 3.63) is 59.2 Å². The highest BCUT2D eigenvalue weighted by Crippen LogP contribution is 2.33. The van der Waals surface area contributed by atoms with Gasteiger partial charge >= 0.3 is 0 Å². The minimum absolute atomic E-state index is 0.470. The van der Waals surface area contributed by atoms with Gasteiger partial charge in [-0.05, 0) is 52.3 Å². The lowest BCUT2D eigenvalue weighted by molar-refractivity contribution is -0.105. The molecular weight excluding hydrogens is 344 g/mol. The molecule has 0 aliphatic heterocycles. The molecule has 0 heterocycles. The summed E-state index contributed by atoms with van der Waals surface area (Å²) in [7, 11) is 0. The summed E-state index contributed by atoms with van der Waals surface area (Å²) in [5.41, 5.74) is 4.71. The fraction of sp³-hybridized carbons (Fsp3) is 0.381. The summed E-state index contributed by atoms with van der Waals surface area (Å²) in [6.07, 6.45) is 1.62. The van der Waals surface area contributed by atoms with Crippen LogP contribution in [0.1, 0.15) is 43.9 Å². The van der Waals surface area contributed by atoms with Gasteiger partial charge in [0.15, 0.2) is 0 Å². The van der Waals surface area contributed by atoms with Crippen LogP contribution < -0.4 is 10.0 Å². The van der Waals surface area contributed by atoms with Crippen molar-refractivity contribution in [1.82, 2.24) is 0 Å². The highest BCUT2D eigenvalue weighted by atomic mass is 32.1. The molecular formula is C21H30N2O2S. The van der Waals surface area contributed by atoms with Gasteiger partial charge in [-0.15, -0.1) is 0 Å². The Hall–Kier alpha value is -1.98. The average molecular weight is 375 g/mol. The standard InChI is InChI=1S/C13H20N2O2S.C8H10/c1-4-7-17-13(2,3)11-8-10(15-18)5-6-12(11)14-9-16;1-7-3-5-8(2)6-4-7/h5-6,8-9,15,18H,4,7H2,1-3H3,(H,14,16);3-6H,1-2H3. The zero-order valence-electron chi connectivity index (χ0n) is 16.3. The third-order valence-corrected chi connectivity index (χ3v) is 4.16. The predicted molar refractivity (Wildman–Crippen MR) is 114 cm³/mol. The number of amides is 1. The first-order chi connectivity index (χ1) is 12.3. The Balaban J connectivity index is 0.000000350. The minimum Gasteiger partial charge on any atom is -0.371 e. The second-order valence-corrected chi connectivity index (χ2v) is 6.87. The van der Waals surface area contributed by atoms with Crippen molar-refractivity contribution in [3.63, 3.8) is 0 Å². The quantitative estimate of drug-likeness (QED) is 0.444. The van der Waals surface area contributed by atoms with Gasteiger partial charge in [0.1, 0.15) is 0 Å². The lowest BCUT2D eigenvalue weighted by Gasteiger charge is -2.28. The maximum Gasteiger partial charge on any atom is 0.211 e. The van der Waals surface area contributed by atoms with Crippen molar-refractivity contribution in [2.45, 2.75) is 46.6 Å². The highest BCUT2D eigenvalue weighted by molar-refractivity contribution is 7.81. The van der Waals surface area contributed by atoms with E-state index in [0.29, 0.717) is 13.0 Å². The summed E-state index contributed by atoms with van der Waals surface area (Å²) in [6.45, 7) is 10.9. The van der Waals surface area contributed by atoms with E-state index in [2.05, 4.69) is 67.9 Å². The van der Waals surface area contributed by atoms with Crippen molar-refractivity contribution >= 4 is 30.6 Å². The summed E-state index contributed by atoms with van der Waals surface area (Å²) < 4.78 is 8.63. The van der Waals surface area contributed by atoms with Gasteiger partial charge in [0.05, 0.1) is 5.60 Å².